The largest absolute Gasteiger partial charge is 0.489 e. The summed E-state index contributed by atoms with van der Waals surface area (Å²) in [6.45, 7) is 0.421. The van der Waals surface area contributed by atoms with Gasteiger partial charge in [0, 0.05) is 10.7 Å². The first-order chi connectivity index (χ1) is 10.1. The number of halogens is 2. The Morgan fingerprint density at radius 1 is 1.19 bits per heavy atom. The molecule has 21 heavy (non-hydrogen) atoms. The molecule has 4 nitrogen and oxygen atoms in total. The van der Waals surface area contributed by atoms with Crippen molar-refractivity contribution in [1.29, 1.82) is 0 Å². The summed E-state index contributed by atoms with van der Waals surface area (Å²) in [4.78, 5) is 11.6. The highest BCUT2D eigenvalue weighted by Crippen LogP contribution is 2.15. The molecule has 110 valence electrons. The van der Waals surface area contributed by atoms with Gasteiger partial charge in [-0.05, 0) is 30.3 Å². The van der Waals surface area contributed by atoms with E-state index in [0.29, 0.717) is 10.7 Å². The number of para-hydroxylation sites is 1. The summed E-state index contributed by atoms with van der Waals surface area (Å²) in [5, 5.41) is 5.77. The fraction of sp³-hybridized carbons (Fsp3) is 0.133. The standard InChI is InChI=1S/C15H14ClFN2O2/c16-11-4-3-5-12(10-11)19-15(20)18-8-9-21-14-7-2-1-6-13(14)17/h1-7,10H,8-9H2,(H2,18,19,20). The number of urea groups is 1. The molecule has 0 radical (unpaired) electrons. The molecule has 0 aliphatic rings. The lowest BCUT2D eigenvalue weighted by Crippen LogP contribution is -2.32. The number of ether oxygens (including phenoxy) is 1. The van der Waals surface area contributed by atoms with Gasteiger partial charge in [0.05, 0.1) is 6.54 Å². The van der Waals surface area contributed by atoms with Crippen LogP contribution in [0, 0.1) is 5.82 Å². The molecule has 0 fully saturated rings. The van der Waals surface area contributed by atoms with Crippen molar-refractivity contribution in [2.45, 2.75) is 0 Å². The number of nitrogens with one attached hydrogen (secondary N) is 2. The van der Waals surface area contributed by atoms with Gasteiger partial charge in [-0.15, -0.1) is 0 Å². The topological polar surface area (TPSA) is 50.4 Å². The van der Waals surface area contributed by atoms with Crippen LogP contribution in [0.5, 0.6) is 5.75 Å². The molecule has 2 aromatic rings. The smallest absolute Gasteiger partial charge is 0.319 e. The molecule has 0 unspecified atom stereocenters. The zero-order valence-corrected chi connectivity index (χ0v) is 11.9. The highest BCUT2D eigenvalue weighted by molar-refractivity contribution is 6.30. The number of anilines is 1. The molecular weight excluding hydrogens is 295 g/mol. The number of amides is 2. The van der Waals surface area contributed by atoms with E-state index in [-0.39, 0.29) is 24.9 Å². The third-order valence-corrected chi connectivity index (χ3v) is 2.80. The van der Waals surface area contributed by atoms with Crippen molar-refractivity contribution in [2.75, 3.05) is 18.5 Å². The van der Waals surface area contributed by atoms with E-state index >= 15 is 0 Å². The molecule has 2 amide bonds. The molecule has 2 N–H and O–H groups in total. The summed E-state index contributed by atoms with van der Waals surface area (Å²) < 4.78 is 18.5. The Bertz CT molecular complexity index is 622. The van der Waals surface area contributed by atoms with Crippen LogP contribution in [-0.4, -0.2) is 19.2 Å². The molecule has 0 spiro atoms. The molecule has 0 atom stereocenters. The molecule has 2 aromatic carbocycles. The maximum atomic E-state index is 13.3. The van der Waals surface area contributed by atoms with Crippen LogP contribution in [0.3, 0.4) is 0 Å². The van der Waals surface area contributed by atoms with Gasteiger partial charge in [0.2, 0.25) is 0 Å². The van der Waals surface area contributed by atoms with E-state index in [1.54, 1.807) is 36.4 Å². The predicted molar refractivity (Wildman–Crippen MR) is 80.4 cm³/mol. The molecule has 0 heterocycles. The van der Waals surface area contributed by atoms with E-state index in [2.05, 4.69) is 10.6 Å². The summed E-state index contributed by atoms with van der Waals surface area (Å²) in [5.74, 6) is -0.268. The van der Waals surface area contributed by atoms with E-state index < -0.39 is 5.82 Å². The van der Waals surface area contributed by atoms with Crippen LogP contribution in [0.25, 0.3) is 0 Å². The Morgan fingerprint density at radius 3 is 2.76 bits per heavy atom. The highest BCUT2D eigenvalue weighted by atomic mass is 35.5. The van der Waals surface area contributed by atoms with Gasteiger partial charge in [0.25, 0.3) is 0 Å². The molecular formula is C15H14ClFN2O2. The summed E-state index contributed by atoms with van der Waals surface area (Å²) in [7, 11) is 0. The van der Waals surface area contributed by atoms with Crippen molar-refractivity contribution in [3.8, 4) is 5.75 Å². The fourth-order valence-corrected chi connectivity index (χ4v) is 1.82. The molecule has 2 rings (SSSR count). The third-order valence-electron chi connectivity index (χ3n) is 2.56. The average molecular weight is 309 g/mol. The molecule has 0 aliphatic carbocycles. The van der Waals surface area contributed by atoms with E-state index in [1.807, 2.05) is 0 Å². The number of carbonyl (C=O) groups is 1. The first-order valence-electron chi connectivity index (χ1n) is 6.33. The van der Waals surface area contributed by atoms with Crippen molar-refractivity contribution in [2.24, 2.45) is 0 Å². The number of rotatable bonds is 5. The van der Waals surface area contributed by atoms with Crippen LogP contribution in [-0.2, 0) is 0 Å². The van der Waals surface area contributed by atoms with E-state index in [1.165, 1.54) is 12.1 Å². The van der Waals surface area contributed by atoms with Crippen LogP contribution in [0.2, 0.25) is 5.02 Å². The minimum Gasteiger partial charge on any atom is -0.489 e. The van der Waals surface area contributed by atoms with E-state index in [4.69, 9.17) is 16.3 Å². The number of carbonyl (C=O) groups excluding carboxylic acids is 1. The average Bonchev–Trinajstić information content (AvgIpc) is 2.45. The molecule has 6 heteroatoms. The summed E-state index contributed by atoms with van der Waals surface area (Å²) in [6, 6.07) is 12.5. The summed E-state index contributed by atoms with van der Waals surface area (Å²) in [6.07, 6.45) is 0. The minimum absolute atomic E-state index is 0.162. The second-order valence-corrected chi connectivity index (χ2v) is 4.61. The van der Waals surface area contributed by atoms with Crippen molar-refractivity contribution in [1.82, 2.24) is 5.32 Å². The normalized spacial score (nSPS) is 10.0. The Morgan fingerprint density at radius 2 is 2.00 bits per heavy atom. The monoisotopic (exact) mass is 308 g/mol. The van der Waals surface area contributed by atoms with Crippen molar-refractivity contribution in [3.05, 3.63) is 59.4 Å². The van der Waals surface area contributed by atoms with Crippen LogP contribution >= 0.6 is 11.6 Å². The number of hydrogen-bond acceptors (Lipinski definition) is 2. The first-order valence-corrected chi connectivity index (χ1v) is 6.71. The zero-order chi connectivity index (χ0) is 15.1. The van der Waals surface area contributed by atoms with Crippen LogP contribution in [0.15, 0.2) is 48.5 Å². The molecule has 0 saturated carbocycles. The second kappa shape index (κ2) is 7.50. The second-order valence-electron chi connectivity index (χ2n) is 4.17. The molecule has 0 saturated heterocycles. The molecule has 0 bridgehead atoms. The van der Waals surface area contributed by atoms with Crippen molar-refractivity contribution < 1.29 is 13.9 Å². The van der Waals surface area contributed by atoms with Crippen LogP contribution in [0.1, 0.15) is 0 Å². The summed E-state index contributed by atoms with van der Waals surface area (Å²) in [5.41, 5.74) is 0.593. The van der Waals surface area contributed by atoms with Crippen molar-refractivity contribution >= 4 is 23.3 Å². The SMILES string of the molecule is O=C(NCCOc1ccccc1F)Nc1cccc(Cl)c1. The lowest BCUT2D eigenvalue weighted by Gasteiger charge is -2.09. The lowest BCUT2D eigenvalue weighted by molar-refractivity contribution is 0.246. The minimum atomic E-state index is -0.430. The Hall–Kier alpha value is -2.27. The quantitative estimate of drug-likeness (QED) is 0.828. The first kappa shape index (κ1) is 15.1. The lowest BCUT2D eigenvalue weighted by atomic mass is 10.3. The Labute approximate surface area is 126 Å². The maximum Gasteiger partial charge on any atom is 0.319 e. The zero-order valence-electron chi connectivity index (χ0n) is 11.1. The van der Waals surface area contributed by atoms with Gasteiger partial charge in [-0.3, -0.25) is 0 Å². The van der Waals surface area contributed by atoms with Gasteiger partial charge < -0.3 is 15.4 Å². The number of hydrogen-bond donors (Lipinski definition) is 2. The van der Waals surface area contributed by atoms with E-state index in [9.17, 15) is 9.18 Å². The highest BCUT2D eigenvalue weighted by Gasteiger charge is 2.03. The van der Waals surface area contributed by atoms with Crippen LogP contribution in [0.4, 0.5) is 14.9 Å². The van der Waals surface area contributed by atoms with Gasteiger partial charge >= 0.3 is 6.03 Å². The van der Waals surface area contributed by atoms with E-state index in [0.717, 1.165) is 0 Å². The van der Waals surface area contributed by atoms with Gasteiger partial charge in [-0.25, -0.2) is 9.18 Å². The predicted octanol–water partition coefficient (Wildman–Crippen LogP) is 3.68. The fourth-order valence-electron chi connectivity index (χ4n) is 1.63. The van der Waals surface area contributed by atoms with Gasteiger partial charge in [0.1, 0.15) is 6.61 Å². The number of benzene rings is 2. The van der Waals surface area contributed by atoms with Crippen molar-refractivity contribution in [3.63, 3.8) is 0 Å². The van der Waals surface area contributed by atoms with Gasteiger partial charge in [-0.2, -0.15) is 0 Å². The third kappa shape index (κ3) is 4.96. The Kier molecular flexibility index (Phi) is 5.40. The maximum absolute atomic E-state index is 13.3. The summed E-state index contributed by atoms with van der Waals surface area (Å²) >= 11 is 5.81. The van der Waals surface area contributed by atoms with Gasteiger partial charge in [0.15, 0.2) is 11.6 Å². The van der Waals surface area contributed by atoms with Gasteiger partial charge in [-0.1, -0.05) is 29.8 Å². The molecule has 0 aromatic heterocycles. The molecule has 0 aliphatic heterocycles. The van der Waals surface area contributed by atoms with Crippen LogP contribution < -0.4 is 15.4 Å². The Balaban J connectivity index is 1.71.